The van der Waals surface area contributed by atoms with E-state index in [9.17, 15) is 9.18 Å². The van der Waals surface area contributed by atoms with Crippen molar-refractivity contribution in [1.29, 1.82) is 0 Å². The smallest absolute Gasteiger partial charge is 0.295 e. The van der Waals surface area contributed by atoms with Crippen molar-refractivity contribution in [2.45, 2.75) is 6.92 Å². The van der Waals surface area contributed by atoms with Gasteiger partial charge in [0.15, 0.2) is 11.5 Å². The molecule has 0 atom stereocenters. The van der Waals surface area contributed by atoms with Crippen LogP contribution < -0.4 is 15.0 Å². The second-order valence-electron chi connectivity index (χ2n) is 5.91. The Kier molecular flexibility index (Phi) is 3.64. The Hall–Kier alpha value is -3.35. The second kappa shape index (κ2) is 5.87. The fourth-order valence-electron chi connectivity index (χ4n) is 3.17. The molecule has 0 saturated heterocycles. The van der Waals surface area contributed by atoms with Crippen LogP contribution >= 0.6 is 0 Å². The average Bonchev–Trinajstić information content (AvgIpc) is 3.03. The molecule has 0 saturated carbocycles. The Bertz CT molecular complexity index is 1190. The van der Waals surface area contributed by atoms with Gasteiger partial charge in [0.05, 0.1) is 31.1 Å². The zero-order valence-corrected chi connectivity index (χ0v) is 14.5. The molecule has 0 radical (unpaired) electrons. The van der Waals surface area contributed by atoms with E-state index in [1.807, 2.05) is 13.0 Å². The summed E-state index contributed by atoms with van der Waals surface area (Å²) in [5, 5.41) is 5.96. The highest BCUT2D eigenvalue weighted by Crippen LogP contribution is 2.35. The number of halogens is 1. The van der Waals surface area contributed by atoms with Gasteiger partial charge in [-0.3, -0.25) is 4.79 Å². The molecule has 0 fully saturated rings. The minimum absolute atomic E-state index is 0.314. The van der Waals surface area contributed by atoms with Crippen LogP contribution in [0, 0.1) is 12.7 Å². The molecule has 0 bridgehead atoms. The molecule has 0 aliphatic carbocycles. The van der Waals surface area contributed by atoms with Crippen molar-refractivity contribution in [2.24, 2.45) is 0 Å². The molecule has 1 N–H and O–H groups in total. The minimum atomic E-state index is -0.371. The monoisotopic (exact) mass is 353 g/mol. The Morgan fingerprint density at radius 1 is 1.08 bits per heavy atom. The zero-order chi connectivity index (χ0) is 18.4. The molecule has 0 amide bonds. The van der Waals surface area contributed by atoms with Gasteiger partial charge in [-0.15, -0.1) is 0 Å². The highest BCUT2D eigenvalue weighted by Gasteiger charge is 2.17. The molecule has 26 heavy (non-hydrogen) atoms. The average molecular weight is 353 g/mol. The van der Waals surface area contributed by atoms with Gasteiger partial charge in [-0.2, -0.15) is 9.78 Å². The van der Waals surface area contributed by atoms with Crippen LogP contribution in [0.4, 0.5) is 4.39 Å². The number of fused-ring (bicyclic) bond motifs is 3. The van der Waals surface area contributed by atoms with E-state index < -0.39 is 0 Å². The summed E-state index contributed by atoms with van der Waals surface area (Å²) in [5.41, 5.74) is 2.02. The number of H-pyrrole nitrogens is 1. The molecule has 7 heteroatoms. The lowest BCUT2D eigenvalue weighted by molar-refractivity contribution is 0.356. The Labute approximate surface area is 147 Å². The third kappa shape index (κ3) is 2.32. The molecule has 2 aromatic heterocycles. The number of benzene rings is 2. The highest BCUT2D eigenvalue weighted by molar-refractivity contribution is 6.09. The van der Waals surface area contributed by atoms with Crippen LogP contribution in [0.5, 0.6) is 11.5 Å². The van der Waals surface area contributed by atoms with Crippen LogP contribution in [-0.2, 0) is 0 Å². The van der Waals surface area contributed by atoms with Crippen LogP contribution in [-0.4, -0.2) is 29.0 Å². The Morgan fingerprint density at radius 2 is 1.73 bits per heavy atom. The number of nitrogens with zero attached hydrogens (tertiary/aromatic N) is 2. The number of methoxy groups -OCH3 is 2. The van der Waals surface area contributed by atoms with Crippen molar-refractivity contribution >= 4 is 21.8 Å². The zero-order valence-electron chi connectivity index (χ0n) is 14.5. The van der Waals surface area contributed by atoms with Gasteiger partial charge in [-0.05, 0) is 37.3 Å². The van der Waals surface area contributed by atoms with E-state index >= 15 is 0 Å². The molecular weight excluding hydrogens is 337 g/mol. The first-order chi connectivity index (χ1) is 12.5. The van der Waals surface area contributed by atoms with Crippen molar-refractivity contribution in [3.8, 4) is 17.2 Å². The lowest BCUT2D eigenvalue weighted by Crippen LogP contribution is -2.22. The Balaban J connectivity index is 2.06. The van der Waals surface area contributed by atoms with E-state index in [4.69, 9.17) is 9.47 Å². The SMILES string of the molecule is COc1cc2[nH]c3c(=O)n(-c4ccc(F)cc4)nc(C)c3c2cc1OC. The lowest BCUT2D eigenvalue weighted by atomic mass is 10.1. The fourth-order valence-corrected chi connectivity index (χ4v) is 3.17. The molecule has 0 spiro atoms. The van der Waals surface area contributed by atoms with Gasteiger partial charge in [0.25, 0.3) is 5.56 Å². The van der Waals surface area contributed by atoms with E-state index in [0.717, 1.165) is 16.3 Å². The number of ether oxygens (including phenoxy) is 2. The Morgan fingerprint density at radius 3 is 2.38 bits per heavy atom. The van der Waals surface area contributed by atoms with Gasteiger partial charge in [-0.1, -0.05) is 0 Å². The summed E-state index contributed by atoms with van der Waals surface area (Å²) in [5.74, 6) is 0.767. The molecule has 6 nitrogen and oxygen atoms in total. The molecule has 2 aromatic carbocycles. The van der Waals surface area contributed by atoms with Gasteiger partial charge >= 0.3 is 0 Å². The van der Waals surface area contributed by atoms with Gasteiger partial charge in [-0.25, -0.2) is 4.39 Å². The quantitative estimate of drug-likeness (QED) is 0.613. The van der Waals surface area contributed by atoms with Gasteiger partial charge in [0.2, 0.25) is 0 Å². The van der Waals surface area contributed by atoms with Crippen LogP contribution in [0.15, 0.2) is 41.2 Å². The first-order valence-electron chi connectivity index (χ1n) is 7.96. The predicted molar refractivity (Wildman–Crippen MR) is 97.0 cm³/mol. The van der Waals surface area contributed by atoms with E-state index in [1.165, 1.54) is 28.9 Å². The maximum absolute atomic E-state index is 13.2. The van der Waals surface area contributed by atoms with Crippen molar-refractivity contribution in [3.63, 3.8) is 0 Å². The summed E-state index contributed by atoms with van der Waals surface area (Å²) in [4.78, 5) is 16.1. The van der Waals surface area contributed by atoms with E-state index in [2.05, 4.69) is 10.1 Å². The summed E-state index contributed by atoms with van der Waals surface area (Å²) in [6.07, 6.45) is 0. The summed E-state index contributed by atoms with van der Waals surface area (Å²) in [6.45, 7) is 1.83. The maximum Gasteiger partial charge on any atom is 0.295 e. The molecule has 0 aliphatic heterocycles. The van der Waals surface area contributed by atoms with Crippen LogP contribution in [0.2, 0.25) is 0 Å². The van der Waals surface area contributed by atoms with Crippen molar-refractivity contribution in [1.82, 2.24) is 14.8 Å². The maximum atomic E-state index is 13.2. The van der Waals surface area contributed by atoms with E-state index in [1.54, 1.807) is 20.3 Å². The standard InChI is InChI=1S/C19H16FN3O3/c1-10-17-13-8-15(25-2)16(26-3)9-14(13)21-18(17)19(24)23(22-10)12-6-4-11(20)5-7-12/h4-9,21H,1-3H3. The van der Waals surface area contributed by atoms with Crippen LogP contribution in [0.3, 0.4) is 0 Å². The van der Waals surface area contributed by atoms with Gasteiger partial charge in [0, 0.05) is 16.8 Å². The first-order valence-corrected chi connectivity index (χ1v) is 7.96. The van der Waals surface area contributed by atoms with Gasteiger partial charge < -0.3 is 14.5 Å². The number of nitrogens with one attached hydrogen (secondary N) is 1. The number of hydrogen-bond donors (Lipinski definition) is 1. The van der Waals surface area contributed by atoms with E-state index in [0.29, 0.717) is 28.4 Å². The lowest BCUT2D eigenvalue weighted by Gasteiger charge is -2.08. The van der Waals surface area contributed by atoms with Crippen LogP contribution in [0.1, 0.15) is 5.69 Å². The molecule has 2 heterocycles. The van der Waals surface area contributed by atoms with Gasteiger partial charge in [0.1, 0.15) is 11.3 Å². The number of aromatic amines is 1. The molecule has 4 aromatic rings. The number of aryl methyl sites for hydroxylation is 1. The highest BCUT2D eigenvalue weighted by atomic mass is 19.1. The van der Waals surface area contributed by atoms with Crippen LogP contribution in [0.25, 0.3) is 27.5 Å². The summed E-state index contributed by atoms with van der Waals surface area (Å²) in [7, 11) is 3.12. The third-order valence-electron chi connectivity index (χ3n) is 4.39. The topological polar surface area (TPSA) is 69.1 Å². The molecular formula is C19H16FN3O3. The number of rotatable bonds is 3. The molecule has 0 aliphatic rings. The first kappa shape index (κ1) is 16.1. The minimum Gasteiger partial charge on any atom is -0.493 e. The fraction of sp³-hybridized carbons (Fsp3) is 0.158. The molecule has 132 valence electrons. The third-order valence-corrected chi connectivity index (χ3v) is 4.39. The normalized spacial score (nSPS) is 11.2. The number of aromatic nitrogens is 3. The molecule has 0 unspecified atom stereocenters. The summed E-state index contributed by atoms with van der Waals surface area (Å²) < 4.78 is 25.1. The van der Waals surface area contributed by atoms with Crippen molar-refractivity contribution < 1.29 is 13.9 Å². The molecule has 4 rings (SSSR count). The van der Waals surface area contributed by atoms with Crippen molar-refractivity contribution in [2.75, 3.05) is 14.2 Å². The van der Waals surface area contributed by atoms with Crippen molar-refractivity contribution in [3.05, 3.63) is 58.3 Å². The largest absolute Gasteiger partial charge is 0.493 e. The predicted octanol–water partition coefficient (Wildman–Crippen LogP) is 3.33. The second-order valence-corrected chi connectivity index (χ2v) is 5.91. The summed E-state index contributed by atoms with van der Waals surface area (Å²) >= 11 is 0. The summed E-state index contributed by atoms with van der Waals surface area (Å²) in [6, 6.07) is 9.24. The van der Waals surface area contributed by atoms with E-state index in [-0.39, 0.29) is 11.4 Å². The number of hydrogen-bond acceptors (Lipinski definition) is 4.